The first-order valence-corrected chi connectivity index (χ1v) is 5.97. The molecule has 0 saturated heterocycles. The number of aryl methyl sites for hydroxylation is 1. The van der Waals surface area contributed by atoms with E-state index in [1.165, 1.54) is 0 Å². The Hall–Kier alpha value is -2.30. The fourth-order valence-electron chi connectivity index (χ4n) is 1.71. The van der Waals surface area contributed by atoms with Crippen molar-refractivity contribution in [3.63, 3.8) is 0 Å². The molecule has 1 aromatic heterocycles. The van der Waals surface area contributed by atoms with E-state index in [4.69, 9.17) is 9.47 Å². The fraction of sp³-hybridized carbons (Fsp3) is 0.286. The third-order valence-electron chi connectivity index (χ3n) is 2.73. The van der Waals surface area contributed by atoms with Gasteiger partial charge in [-0.15, -0.1) is 0 Å². The van der Waals surface area contributed by atoms with Crippen LogP contribution >= 0.6 is 0 Å². The summed E-state index contributed by atoms with van der Waals surface area (Å²) >= 11 is 0. The quantitative estimate of drug-likeness (QED) is 0.893. The van der Waals surface area contributed by atoms with Crippen molar-refractivity contribution in [1.82, 2.24) is 9.97 Å². The molecule has 0 bridgehead atoms. The van der Waals surface area contributed by atoms with Crippen LogP contribution in [0.3, 0.4) is 0 Å². The second-order valence-corrected chi connectivity index (χ2v) is 4.05. The van der Waals surface area contributed by atoms with Gasteiger partial charge in [-0.25, -0.2) is 9.97 Å². The molecule has 0 radical (unpaired) electrons. The molecule has 0 aliphatic heterocycles. The number of aromatic nitrogens is 2. The van der Waals surface area contributed by atoms with Gasteiger partial charge in [-0.2, -0.15) is 0 Å². The third-order valence-corrected chi connectivity index (χ3v) is 2.73. The van der Waals surface area contributed by atoms with Gasteiger partial charge in [-0.05, 0) is 25.1 Å². The zero-order valence-electron chi connectivity index (χ0n) is 11.3. The van der Waals surface area contributed by atoms with Crippen molar-refractivity contribution < 1.29 is 9.47 Å². The number of hydrogen-bond donors (Lipinski definition) is 1. The molecule has 1 N–H and O–H groups in total. The molecule has 0 aliphatic carbocycles. The van der Waals surface area contributed by atoms with E-state index in [9.17, 15) is 0 Å². The van der Waals surface area contributed by atoms with Crippen LogP contribution in [-0.4, -0.2) is 24.2 Å². The molecule has 100 valence electrons. The number of nitrogens with one attached hydrogen (secondary N) is 1. The van der Waals surface area contributed by atoms with Crippen molar-refractivity contribution in [1.29, 1.82) is 0 Å². The summed E-state index contributed by atoms with van der Waals surface area (Å²) in [6.45, 7) is 2.53. The van der Waals surface area contributed by atoms with Gasteiger partial charge in [0.15, 0.2) is 0 Å². The lowest BCUT2D eigenvalue weighted by molar-refractivity contribution is 0.391. The molecule has 1 heterocycles. The van der Waals surface area contributed by atoms with Gasteiger partial charge in [-0.1, -0.05) is 0 Å². The summed E-state index contributed by atoms with van der Waals surface area (Å²) in [7, 11) is 3.27. The Balaban J connectivity index is 2.11. The molecule has 0 unspecified atom stereocenters. The van der Waals surface area contributed by atoms with Gasteiger partial charge in [0, 0.05) is 30.1 Å². The van der Waals surface area contributed by atoms with E-state index < -0.39 is 0 Å². The van der Waals surface area contributed by atoms with Gasteiger partial charge in [0.25, 0.3) is 0 Å². The standard InChI is InChI=1S/C14H17N3O2/c1-10-6-7-15-14(17-10)16-9-11-4-5-12(18-2)8-13(11)19-3/h4-8H,9H2,1-3H3,(H,15,16,17). The summed E-state index contributed by atoms with van der Waals surface area (Å²) in [4.78, 5) is 8.45. The number of hydrogen-bond acceptors (Lipinski definition) is 5. The van der Waals surface area contributed by atoms with Crippen LogP contribution in [0, 0.1) is 6.92 Å². The molecule has 5 nitrogen and oxygen atoms in total. The molecule has 0 amide bonds. The van der Waals surface area contributed by atoms with E-state index in [0.29, 0.717) is 12.5 Å². The summed E-state index contributed by atoms with van der Waals surface area (Å²) in [5.41, 5.74) is 1.95. The first-order chi connectivity index (χ1) is 9.22. The average Bonchev–Trinajstić information content (AvgIpc) is 2.45. The van der Waals surface area contributed by atoms with Crippen LogP contribution in [0.15, 0.2) is 30.5 Å². The molecule has 19 heavy (non-hydrogen) atoms. The zero-order chi connectivity index (χ0) is 13.7. The summed E-state index contributed by atoms with van der Waals surface area (Å²) < 4.78 is 10.5. The Morgan fingerprint density at radius 1 is 1.16 bits per heavy atom. The largest absolute Gasteiger partial charge is 0.497 e. The highest BCUT2D eigenvalue weighted by Gasteiger charge is 2.05. The molecule has 2 rings (SSSR count). The zero-order valence-corrected chi connectivity index (χ0v) is 11.3. The van der Waals surface area contributed by atoms with E-state index in [-0.39, 0.29) is 0 Å². The SMILES string of the molecule is COc1ccc(CNc2nccc(C)n2)c(OC)c1. The lowest BCUT2D eigenvalue weighted by atomic mass is 10.2. The van der Waals surface area contributed by atoms with Gasteiger partial charge in [0.05, 0.1) is 14.2 Å². The highest BCUT2D eigenvalue weighted by atomic mass is 16.5. The first-order valence-electron chi connectivity index (χ1n) is 5.97. The van der Waals surface area contributed by atoms with Crippen LogP contribution in [-0.2, 0) is 6.54 Å². The fourth-order valence-corrected chi connectivity index (χ4v) is 1.71. The summed E-state index contributed by atoms with van der Waals surface area (Å²) in [6.07, 6.45) is 1.73. The number of ether oxygens (including phenoxy) is 2. The number of methoxy groups -OCH3 is 2. The molecule has 0 saturated carbocycles. The Morgan fingerprint density at radius 2 is 2.00 bits per heavy atom. The lowest BCUT2D eigenvalue weighted by Gasteiger charge is -2.11. The molecular formula is C14H17N3O2. The monoisotopic (exact) mass is 259 g/mol. The van der Waals surface area contributed by atoms with Gasteiger partial charge in [-0.3, -0.25) is 0 Å². The maximum Gasteiger partial charge on any atom is 0.223 e. The molecule has 0 fully saturated rings. The van der Waals surface area contributed by atoms with E-state index in [2.05, 4.69) is 15.3 Å². The lowest BCUT2D eigenvalue weighted by Crippen LogP contribution is -2.05. The number of rotatable bonds is 5. The van der Waals surface area contributed by atoms with Crippen LogP contribution in [0.5, 0.6) is 11.5 Å². The van der Waals surface area contributed by atoms with Crippen LogP contribution in [0.2, 0.25) is 0 Å². The van der Waals surface area contributed by atoms with E-state index >= 15 is 0 Å². The second-order valence-electron chi connectivity index (χ2n) is 4.05. The molecule has 2 aromatic rings. The summed E-state index contributed by atoms with van der Waals surface area (Å²) in [5.74, 6) is 2.16. The Kier molecular flexibility index (Phi) is 4.18. The van der Waals surface area contributed by atoms with Crippen LogP contribution in [0.1, 0.15) is 11.3 Å². The van der Waals surface area contributed by atoms with Crippen molar-refractivity contribution in [3.05, 3.63) is 41.7 Å². The molecule has 1 aromatic carbocycles. The minimum atomic E-state index is 0.594. The summed E-state index contributed by atoms with van der Waals surface area (Å²) in [6, 6.07) is 7.57. The van der Waals surface area contributed by atoms with Crippen molar-refractivity contribution in [2.45, 2.75) is 13.5 Å². The van der Waals surface area contributed by atoms with Gasteiger partial charge in [0.1, 0.15) is 11.5 Å². The predicted octanol–water partition coefficient (Wildman–Crippen LogP) is 2.41. The van der Waals surface area contributed by atoms with Crippen LogP contribution in [0.4, 0.5) is 5.95 Å². The maximum absolute atomic E-state index is 5.34. The first kappa shape index (κ1) is 13.1. The Bertz CT molecular complexity index is 558. The van der Waals surface area contributed by atoms with E-state index in [1.807, 2.05) is 31.2 Å². The van der Waals surface area contributed by atoms with E-state index in [1.54, 1.807) is 20.4 Å². The van der Waals surface area contributed by atoms with Crippen molar-refractivity contribution >= 4 is 5.95 Å². The van der Waals surface area contributed by atoms with Crippen LogP contribution < -0.4 is 14.8 Å². The van der Waals surface area contributed by atoms with Crippen molar-refractivity contribution in [3.8, 4) is 11.5 Å². The molecule has 0 aliphatic rings. The molecular weight excluding hydrogens is 242 g/mol. The minimum absolute atomic E-state index is 0.594. The van der Waals surface area contributed by atoms with Gasteiger partial charge >= 0.3 is 0 Å². The second kappa shape index (κ2) is 6.04. The van der Waals surface area contributed by atoms with Gasteiger partial charge in [0.2, 0.25) is 5.95 Å². The third kappa shape index (κ3) is 3.34. The normalized spacial score (nSPS) is 10.1. The van der Waals surface area contributed by atoms with Crippen molar-refractivity contribution in [2.24, 2.45) is 0 Å². The maximum atomic E-state index is 5.34. The predicted molar refractivity (Wildman–Crippen MR) is 73.6 cm³/mol. The van der Waals surface area contributed by atoms with Crippen molar-refractivity contribution in [2.75, 3.05) is 19.5 Å². The molecule has 5 heteroatoms. The number of anilines is 1. The number of benzene rings is 1. The van der Waals surface area contributed by atoms with Gasteiger partial charge < -0.3 is 14.8 Å². The summed E-state index contributed by atoms with van der Waals surface area (Å²) in [5, 5.41) is 3.17. The van der Waals surface area contributed by atoms with E-state index in [0.717, 1.165) is 22.8 Å². The average molecular weight is 259 g/mol. The Labute approximate surface area is 112 Å². The topological polar surface area (TPSA) is 56.3 Å². The Morgan fingerprint density at radius 3 is 2.68 bits per heavy atom. The molecule has 0 atom stereocenters. The highest BCUT2D eigenvalue weighted by Crippen LogP contribution is 2.24. The van der Waals surface area contributed by atoms with Crippen LogP contribution in [0.25, 0.3) is 0 Å². The number of nitrogens with zero attached hydrogens (tertiary/aromatic N) is 2. The highest BCUT2D eigenvalue weighted by molar-refractivity contribution is 5.42. The molecule has 0 spiro atoms. The smallest absolute Gasteiger partial charge is 0.223 e. The minimum Gasteiger partial charge on any atom is -0.497 e.